The van der Waals surface area contributed by atoms with E-state index in [1.54, 1.807) is 16.7 Å². The minimum atomic E-state index is -4.62. The molecule has 1 aromatic heterocycles. The lowest BCUT2D eigenvalue weighted by molar-refractivity contribution is -0.137. The number of anilines is 1. The van der Waals surface area contributed by atoms with Crippen molar-refractivity contribution in [1.29, 1.82) is 0 Å². The van der Waals surface area contributed by atoms with Gasteiger partial charge in [-0.2, -0.15) is 13.2 Å². The fraction of sp³-hybridized carbons (Fsp3) is 0.200. The summed E-state index contributed by atoms with van der Waals surface area (Å²) in [5, 5.41) is 2.03. The zero-order valence-electron chi connectivity index (χ0n) is 15.5. The monoisotopic (exact) mass is 436 g/mol. The van der Waals surface area contributed by atoms with E-state index in [4.69, 9.17) is 11.6 Å². The maximum atomic E-state index is 13.0. The third kappa shape index (κ3) is 3.80. The van der Waals surface area contributed by atoms with Crippen LogP contribution < -0.4 is 11.0 Å². The lowest BCUT2D eigenvalue weighted by Gasteiger charge is -2.27. The Balaban J connectivity index is 1.50. The minimum absolute atomic E-state index is 0.000602. The second kappa shape index (κ2) is 7.56. The van der Waals surface area contributed by atoms with Crippen molar-refractivity contribution in [3.63, 3.8) is 0 Å². The number of urea groups is 1. The predicted molar refractivity (Wildman–Crippen MR) is 108 cm³/mol. The van der Waals surface area contributed by atoms with Gasteiger partial charge in [-0.3, -0.25) is 4.57 Å². The van der Waals surface area contributed by atoms with Gasteiger partial charge in [0, 0.05) is 30.9 Å². The van der Waals surface area contributed by atoms with E-state index in [0.717, 1.165) is 23.3 Å². The van der Waals surface area contributed by atoms with E-state index in [1.807, 2.05) is 18.2 Å². The molecule has 0 bridgehead atoms. The molecule has 30 heavy (non-hydrogen) atoms. The standard InChI is InChI=1S/C20H16ClF3N4O2/c21-15-6-5-12(11-14(15)20(22,23)24)25-18(29)27-9-7-13(8-10-27)28-17-4-2-1-3-16(17)26-19(28)30/h1-7,11H,8-10H2,(H,25,29)(H,26,30). The zero-order chi connectivity index (χ0) is 21.5. The molecule has 4 rings (SSSR count). The van der Waals surface area contributed by atoms with Crippen LogP contribution in [0.5, 0.6) is 0 Å². The number of amides is 2. The molecule has 2 N–H and O–H groups in total. The van der Waals surface area contributed by atoms with Gasteiger partial charge >= 0.3 is 17.9 Å². The smallest absolute Gasteiger partial charge is 0.320 e. The van der Waals surface area contributed by atoms with Crippen LogP contribution in [0.3, 0.4) is 0 Å². The molecule has 0 unspecified atom stereocenters. The number of para-hydroxylation sites is 2. The van der Waals surface area contributed by atoms with Crippen LogP contribution in [0.1, 0.15) is 12.0 Å². The molecule has 0 radical (unpaired) electrons. The van der Waals surface area contributed by atoms with Gasteiger partial charge in [-0.05, 0) is 36.4 Å². The van der Waals surface area contributed by atoms with Crippen LogP contribution in [0.4, 0.5) is 23.7 Å². The SMILES string of the molecule is O=C(Nc1ccc(Cl)c(C(F)(F)F)c1)N1CC=C(n2c(=O)[nH]c3ccccc32)CC1. The van der Waals surface area contributed by atoms with Crippen LogP contribution in [0.25, 0.3) is 16.7 Å². The number of aromatic amines is 1. The van der Waals surface area contributed by atoms with Gasteiger partial charge in [0.25, 0.3) is 0 Å². The maximum absolute atomic E-state index is 13.0. The van der Waals surface area contributed by atoms with Crippen molar-refractivity contribution in [2.45, 2.75) is 12.6 Å². The lowest BCUT2D eigenvalue weighted by atomic mass is 10.2. The number of hydrogen-bond donors (Lipinski definition) is 2. The highest BCUT2D eigenvalue weighted by Crippen LogP contribution is 2.36. The predicted octanol–water partition coefficient (Wildman–Crippen LogP) is 4.78. The third-order valence-corrected chi connectivity index (χ3v) is 5.20. The summed E-state index contributed by atoms with van der Waals surface area (Å²) in [5.41, 5.74) is 0.939. The summed E-state index contributed by atoms with van der Waals surface area (Å²) >= 11 is 5.60. The number of nitrogens with one attached hydrogen (secondary N) is 2. The molecule has 2 heterocycles. The van der Waals surface area contributed by atoms with E-state index in [0.29, 0.717) is 18.5 Å². The summed E-state index contributed by atoms with van der Waals surface area (Å²) in [6, 6.07) is 9.96. The first-order chi connectivity index (χ1) is 14.2. The van der Waals surface area contributed by atoms with Crippen molar-refractivity contribution < 1.29 is 18.0 Å². The first-order valence-electron chi connectivity index (χ1n) is 9.06. The molecular formula is C20H16ClF3N4O2. The molecule has 2 amide bonds. The van der Waals surface area contributed by atoms with E-state index in [2.05, 4.69) is 10.3 Å². The first kappa shape index (κ1) is 20.1. The fourth-order valence-electron chi connectivity index (χ4n) is 3.41. The number of imidazole rings is 1. The summed E-state index contributed by atoms with van der Waals surface area (Å²) in [6.45, 7) is 0.524. The molecular weight excluding hydrogens is 421 g/mol. The van der Waals surface area contributed by atoms with Gasteiger partial charge in [-0.1, -0.05) is 23.7 Å². The number of benzene rings is 2. The Morgan fingerprint density at radius 3 is 2.63 bits per heavy atom. The number of H-pyrrole nitrogens is 1. The van der Waals surface area contributed by atoms with Gasteiger partial charge in [0.2, 0.25) is 0 Å². The Labute approximate surface area is 173 Å². The van der Waals surface area contributed by atoms with Crippen molar-refractivity contribution >= 4 is 40.0 Å². The number of carbonyl (C=O) groups is 1. The third-order valence-electron chi connectivity index (χ3n) is 4.87. The van der Waals surface area contributed by atoms with Gasteiger partial charge in [-0.25, -0.2) is 9.59 Å². The molecule has 1 aliphatic heterocycles. The second-order valence-electron chi connectivity index (χ2n) is 6.80. The van der Waals surface area contributed by atoms with Crippen molar-refractivity contribution in [1.82, 2.24) is 14.5 Å². The highest BCUT2D eigenvalue weighted by atomic mass is 35.5. The molecule has 0 spiro atoms. The summed E-state index contributed by atoms with van der Waals surface area (Å²) in [5.74, 6) is 0. The van der Waals surface area contributed by atoms with Crippen molar-refractivity contribution in [2.75, 3.05) is 18.4 Å². The average Bonchev–Trinajstić information content (AvgIpc) is 3.04. The van der Waals surface area contributed by atoms with Gasteiger partial charge < -0.3 is 15.2 Å². The van der Waals surface area contributed by atoms with Crippen LogP contribution in [-0.2, 0) is 6.18 Å². The Morgan fingerprint density at radius 2 is 1.93 bits per heavy atom. The van der Waals surface area contributed by atoms with Gasteiger partial charge in [0.05, 0.1) is 21.6 Å². The number of hydrogen-bond acceptors (Lipinski definition) is 2. The highest BCUT2D eigenvalue weighted by Gasteiger charge is 2.33. The number of carbonyl (C=O) groups excluding carboxylic acids is 1. The average molecular weight is 437 g/mol. The van der Waals surface area contributed by atoms with Crippen LogP contribution in [0.15, 0.2) is 53.3 Å². The number of nitrogens with zero attached hydrogens (tertiary/aromatic N) is 2. The summed E-state index contributed by atoms with van der Waals surface area (Å²) in [6.07, 6.45) is -2.44. The Hall–Kier alpha value is -3.20. The molecule has 3 aromatic rings. The molecule has 2 aromatic carbocycles. The molecule has 0 atom stereocenters. The van der Waals surface area contributed by atoms with E-state index < -0.39 is 22.8 Å². The zero-order valence-corrected chi connectivity index (χ0v) is 16.2. The summed E-state index contributed by atoms with van der Waals surface area (Å²) < 4.78 is 40.6. The Kier molecular flexibility index (Phi) is 5.07. The van der Waals surface area contributed by atoms with Crippen molar-refractivity contribution in [2.24, 2.45) is 0 Å². The lowest BCUT2D eigenvalue weighted by Crippen LogP contribution is -2.39. The molecule has 6 nitrogen and oxygen atoms in total. The van der Waals surface area contributed by atoms with E-state index in [-0.39, 0.29) is 17.9 Å². The van der Waals surface area contributed by atoms with Crippen molar-refractivity contribution in [3.05, 3.63) is 69.6 Å². The van der Waals surface area contributed by atoms with Gasteiger partial charge in [0.1, 0.15) is 0 Å². The van der Waals surface area contributed by atoms with E-state index in [1.165, 1.54) is 11.0 Å². The molecule has 1 aliphatic rings. The van der Waals surface area contributed by atoms with E-state index >= 15 is 0 Å². The number of fused-ring (bicyclic) bond motifs is 1. The molecule has 0 saturated heterocycles. The Bertz CT molecular complexity index is 1210. The molecule has 156 valence electrons. The normalized spacial score (nSPS) is 14.7. The molecule has 10 heteroatoms. The quantitative estimate of drug-likeness (QED) is 0.607. The maximum Gasteiger partial charge on any atom is 0.417 e. The van der Waals surface area contributed by atoms with Crippen LogP contribution in [-0.4, -0.2) is 33.6 Å². The number of halogens is 4. The van der Waals surface area contributed by atoms with Gasteiger partial charge in [-0.15, -0.1) is 0 Å². The minimum Gasteiger partial charge on any atom is -0.320 e. The topological polar surface area (TPSA) is 70.1 Å². The summed E-state index contributed by atoms with van der Waals surface area (Å²) in [4.78, 5) is 29.0. The Morgan fingerprint density at radius 1 is 1.17 bits per heavy atom. The molecule has 0 saturated carbocycles. The number of rotatable bonds is 2. The fourth-order valence-corrected chi connectivity index (χ4v) is 3.63. The van der Waals surface area contributed by atoms with Crippen LogP contribution in [0.2, 0.25) is 5.02 Å². The molecule has 0 fully saturated rings. The van der Waals surface area contributed by atoms with Gasteiger partial charge in [0.15, 0.2) is 0 Å². The van der Waals surface area contributed by atoms with Crippen molar-refractivity contribution in [3.8, 4) is 0 Å². The highest BCUT2D eigenvalue weighted by molar-refractivity contribution is 6.31. The number of alkyl halides is 3. The first-order valence-corrected chi connectivity index (χ1v) is 9.43. The molecule has 0 aliphatic carbocycles. The number of aromatic nitrogens is 2. The van der Waals surface area contributed by atoms with Crippen LogP contribution >= 0.6 is 11.6 Å². The largest absolute Gasteiger partial charge is 0.417 e. The second-order valence-corrected chi connectivity index (χ2v) is 7.20. The van der Waals surface area contributed by atoms with E-state index in [9.17, 15) is 22.8 Å². The summed E-state index contributed by atoms with van der Waals surface area (Å²) in [7, 11) is 0. The van der Waals surface area contributed by atoms with Crippen LogP contribution in [0, 0.1) is 0 Å².